The lowest BCUT2D eigenvalue weighted by Crippen LogP contribution is -2.55. The number of carboxylic acid groups (broad SMARTS) is 1. The number of carbonyl (C=O) groups is 2. The Hall–Kier alpha value is -2.18. The molecule has 7 nitrogen and oxygen atoms in total. The van der Waals surface area contributed by atoms with Gasteiger partial charge in [-0.15, -0.1) is 0 Å². The predicted octanol–water partition coefficient (Wildman–Crippen LogP) is 0.780. The summed E-state index contributed by atoms with van der Waals surface area (Å²) in [6.45, 7) is 2.36. The van der Waals surface area contributed by atoms with Crippen LogP contribution in [0.2, 0.25) is 0 Å². The minimum absolute atomic E-state index is 0.0899. The van der Waals surface area contributed by atoms with Gasteiger partial charge in [0.25, 0.3) is 11.5 Å². The number of nitrogens with zero attached hydrogens (tertiary/aromatic N) is 2. The number of carboxylic acids is 1. The molecule has 1 heterocycles. The van der Waals surface area contributed by atoms with Crippen molar-refractivity contribution >= 4 is 11.9 Å². The molecule has 0 spiro atoms. The van der Waals surface area contributed by atoms with Gasteiger partial charge in [-0.2, -0.15) is 5.10 Å². The molecule has 0 unspecified atom stereocenters. The number of hydrogen-bond donors (Lipinski definition) is 2. The molecule has 1 aromatic heterocycles. The molecule has 1 fully saturated rings. The summed E-state index contributed by atoms with van der Waals surface area (Å²) in [5.74, 6) is -1.36. The molecule has 0 bridgehead atoms. The summed E-state index contributed by atoms with van der Waals surface area (Å²) in [7, 11) is 0. The van der Waals surface area contributed by atoms with Gasteiger partial charge in [0.2, 0.25) is 0 Å². The average Bonchev–Trinajstić information content (AvgIpc) is 2.38. The van der Waals surface area contributed by atoms with Crippen LogP contribution in [0.25, 0.3) is 0 Å². The van der Waals surface area contributed by atoms with Gasteiger partial charge in [-0.1, -0.05) is 6.92 Å². The van der Waals surface area contributed by atoms with E-state index in [2.05, 4.69) is 10.4 Å². The molecule has 0 radical (unpaired) electrons. The Morgan fingerprint density at radius 3 is 2.67 bits per heavy atom. The highest BCUT2D eigenvalue weighted by Gasteiger charge is 2.40. The Labute approximate surface area is 122 Å². The van der Waals surface area contributed by atoms with Gasteiger partial charge in [-0.3, -0.25) is 14.4 Å². The van der Waals surface area contributed by atoms with Crippen molar-refractivity contribution < 1.29 is 14.7 Å². The van der Waals surface area contributed by atoms with Crippen molar-refractivity contribution in [1.29, 1.82) is 0 Å². The molecule has 0 saturated heterocycles. The van der Waals surface area contributed by atoms with E-state index in [1.54, 1.807) is 0 Å². The van der Waals surface area contributed by atoms with Crippen molar-refractivity contribution in [1.82, 2.24) is 15.1 Å². The van der Waals surface area contributed by atoms with E-state index in [1.807, 2.05) is 6.92 Å². The zero-order valence-electron chi connectivity index (χ0n) is 12.0. The van der Waals surface area contributed by atoms with Crippen molar-refractivity contribution in [2.75, 3.05) is 0 Å². The number of rotatable bonds is 6. The summed E-state index contributed by atoms with van der Waals surface area (Å²) in [4.78, 5) is 34.7. The maximum absolute atomic E-state index is 12.2. The molecule has 1 aliphatic rings. The monoisotopic (exact) mass is 293 g/mol. The lowest BCUT2D eigenvalue weighted by molar-refractivity contribution is -0.139. The van der Waals surface area contributed by atoms with E-state index in [1.165, 1.54) is 16.8 Å². The first-order valence-electron chi connectivity index (χ1n) is 7.08. The van der Waals surface area contributed by atoms with E-state index < -0.39 is 17.4 Å². The molecule has 1 saturated carbocycles. The van der Waals surface area contributed by atoms with Crippen LogP contribution in [0.1, 0.15) is 49.5 Å². The normalized spacial score (nSPS) is 16.0. The van der Waals surface area contributed by atoms with E-state index in [0.29, 0.717) is 19.4 Å². The average molecular weight is 293 g/mol. The quantitative estimate of drug-likeness (QED) is 0.807. The van der Waals surface area contributed by atoms with Crippen LogP contribution in [0.15, 0.2) is 16.9 Å². The molecule has 0 aliphatic heterocycles. The number of carbonyl (C=O) groups excluding carboxylic acids is 1. The fourth-order valence-electron chi connectivity index (χ4n) is 2.49. The van der Waals surface area contributed by atoms with Gasteiger partial charge in [0.15, 0.2) is 0 Å². The second-order valence-electron chi connectivity index (χ2n) is 5.44. The van der Waals surface area contributed by atoms with Crippen molar-refractivity contribution in [2.45, 2.75) is 51.1 Å². The fraction of sp³-hybridized carbons (Fsp3) is 0.571. The summed E-state index contributed by atoms with van der Waals surface area (Å²) >= 11 is 0. The minimum Gasteiger partial charge on any atom is -0.481 e. The van der Waals surface area contributed by atoms with Gasteiger partial charge < -0.3 is 10.4 Å². The smallest absolute Gasteiger partial charge is 0.305 e. The lowest BCUT2D eigenvalue weighted by Gasteiger charge is -2.41. The zero-order chi connectivity index (χ0) is 15.5. The number of aromatic nitrogens is 2. The van der Waals surface area contributed by atoms with Crippen LogP contribution in [0, 0.1) is 0 Å². The molecule has 1 aliphatic carbocycles. The van der Waals surface area contributed by atoms with Gasteiger partial charge in [-0.25, -0.2) is 4.68 Å². The largest absolute Gasteiger partial charge is 0.481 e. The van der Waals surface area contributed by atoms with Crippen LogP contribution in [0.4, 0.5) is 0 Å². The summed E-state index contributed by atoms with van der Waals surface area (Å²) < 4.78 is 1.25. The highest BCUT2D eigenvalue weighted by Crippen LogP contribution is 2.35. The molecular weight excluding hydrogens is 274 g/mol. The number of aliphatic carboxylic acids is 1. The standard InChI is InChI=1S/C14H19N3O4/c1-2-8-17-11(18)5-4-10(16-17)13(21)15-14(6-3-7-14)9-12(19)20/h4-5H,2-3,6-9H2,1H3,(H,15,21)(H,19,20). The van der Waals surface area contributed by atoms with Crippen molar-refractivity contribution in [3.05, 3.63) is 28.2 Å². The maximum atomic E-state index is 12.2. The molecular formula is C14H19N3O4. The van der Waals surface area contributed by atoms with E-state index in [9.17, 15) is 14.4 Å². The van der Waals surface area contributed by atoms with Crippen LogP contribution in [0.3, 0.4) is 0 Å². The molecule has 7 heteroatoms. The molecule has 2 rings (SSSR count). The van der Waals surface area contributed by atoms with Gasteiger partial charge in [0, 0.05) is 12.6 Å². The van der Waals surface area contributed by atoms with E-state index in [4.69, 9.17) is 5.11 Å². The number of nitrogens with one attached hydrogen (secondary N) is 1. The number of aryl methyl sites for hydroxylation is 1. The third-order valence-corrected chi connectivity index (χ3v) is 3.71. The van der Waals surface area contributed by atoms with Crippen LogP contribution < -0.4 is 10.9 Å². The molecule has 114 valence electrons. The maximum Gasteiger partial charge on any atom is 0.305 e. The van der Waals surface area contributed by atoms with Crippen molar-refractivity contribution in [2.24, 2.45) is 0 Å². The number of amides is 1. The fourth-order valence-corrected chi connectivity index (χ4v) is 2.49. The molecule has 1 amide bonds. The predicted molar refractivity (Wildman–Crippen MR) is 75.1 cm³/mol. The van der Waals surface area contributed by atoms with Gasteiger partial charge in [-0.05, 0) is 31.7 Å². The Bertz CT molecular complexity index is 604. The first kappa shape index (κ1) is 15.2. The van der Waals surface area contributed by atoms with Crippen LogP contribution in [-0.4, -0.2) is 32.3 Å². The van der Waals surface area contributed by atoms with E-state index >= 15 is 0 Å². The third kappa shape index (κ3) is 3.48. The highest BCUT2D eigenvalue weighted by molar-refractivity contribution is 5.93. The molecule has 2 N–H and O–H groups in total. The highest BCUT2D eigenvalue weighted by atomic mass is 16.4. The molecule has 21 heavy (non-hydrogen) atoms. The SMILES string of the molecule is CCCn1nc(C(=O)NC2(CC(=O)O)CCC2)ccc1=O. The Morgan fingerprint density at radius 2 is 2.14 bits per heavy atom. The Balaban J connectivity index is 2.14. The van der Waals surface area contributed by atoms with Gasteiger partial charge in [0.05, 0.1) is 12.0 Å². The summed E-state index contributed by atoms with van der Waals surface area (Å²) in [5, 5.41) is 15.7. The minimum atomic E-state index is -0.932. The topological polar surface area (TPSA) is 101 Å². The van der Waals surface area contributed by atoms with Gasteiger partial charge in [0.1, 0.15) is 5.69 Å². The van der Waals surface area contributed by atoms with E-state index in [0.717, 1.165) is 12.8 Å². The second kappa shape index (κ2) is 6.07. The lowest BCUT2D eigenvalue weighted by atomic mass is 9.74. The number of hydrogen-bond acceptors (Lipinski definition) is 4. The summed E-state index contributed by atoms with van der Waals surface area (Å²) in [6, 6.07) is 2.68. The van der Waals surface area contributed by atoms with Crippen LogP contribution in [0.5, 0.6) is 0 Å². The Kier molecular flexibility index (Phi) is 4.40. The van der Waals surface area contributed by atoms with Crippen LogP contribution >= 0.6 is 0 Å². The molecule has 0 aromatic carbocycles. The second-order valence-corrected chi connectivity index (χ2v) is 5.44. The Morgan fingerprint density at radius 1 is 1.43 bits per heavy atom. The summed E-state index contributed by atoms with van der Waals surface area (Å²) in [6.07, 6.45) is 2.85. The first-order chi connectivity index (χ1) is 9.96. The molecule has 1 aromatic rings. The van der Waals surface area contributed by atoms with Crippen molar-refractivity contribution in [3.63, 3.8) is 0 Å². The summed E-state index contributed by atoms with van der Waals surface area (Å²) in [5.41, 5.74) is -0.784. The zero-order valence-corrected chi connectivity index (χ0v) is 12.0. The van der Waals surface area contributed by atoms with Crippen molar-refractivity contribution in [3.8, 4) is 0 Å². The third-order valence-electron chi connectivity index (χ3n) is 3.71. The molecule has 0 atom stereocenters. The van der Waals surface area contributed by atoms with E-state index in [-0.39, 0.29) is 17.7 Å². The first-order valence-corrected chi connectivity index (χ1v) is 7.08. The van der Waals surface area contributed by atoms with Crippen LogP contribution in [-0.2, 0) is 11.3 Å². The van der Waals surface area contributed by atoms with Gasteiger partial charge >= 0.3 is 5.97 Å².